The summed E-state index contributed by atoms with van der Waals surface area (Å²) >= 11 is 1.13. The molecule has 4 aromatic rings. The SMILES string of the molecule is CCc1ccc(-n2c(SCC(=O)Nc3ccc(C)cc3F)nc3ccccc3c2=O)cc1. The Labute approximate surface area is 189 Å². The summed E-state index contributed by atoms with van der Waals surface area (Å²) in [5, 5.41) is 3.49. The number of aryl methyl sites for hydroxylation is 2. The number of hydrogen-bond donors (Lipinski definition) is 1. The van der Waals surface area contributed by atoms with Crippen molar-refractivity contribution in [3.8, 4) is 5.69 Å². The van der Waals surface area contributed by atoms with Crippen molar-refractivity contribution in [3.63, 3.8) is 0 Å². The van der Waals surface area contributed by atoms with Gasteiger partial charge in [-0.2, -0.15) is 0 Å². The zero-order valence-corrected chi connectivity index (χ0v) is 18.6. The van der Waals surface area contributed by atoms with Gasteiger partial charge in [-0.1, -0.05) is 49.0 Å². The van der Waals surface area contributed by atoms with Crippen LogP contribution in [0.15, 0.2) is 76.7 Å². The van der Waals surface area contributed by atoms with Gasteiger partial charge < -0.3 is 5.32 Å². The largest absolute Gasteiger partial charge is 0.323 e. The van der Waals surface area contributed by atoms with Gasteiger partial charge >= 0.3 is 0 Å². The molecule has 0 aliphatic carbocycles. The molecule has 0 bridgehead atoms. The summed E-state index contributed by atoms with van der Waals surface area (Å²) in [6.45, 7) is 3.85. The number of anilines is 1. The minimum atomic E-state index is -0.486. The first-order chi connectivity index (χ1) is 15.5. The predicted octanol–water partition coefficient (Wildman–Crippen LogP) is 5.13. The van der Waals surface area contributed by atoms with Crippen LogP contribution in [-0.4, -0.2) is 21.2 Å². The molecule has 0 fully saturated rings. The van der Waals surface area contributed by atoms with Crippen LogP contribution in [0.2, 0.25) is 0 Å². The molecule has 1 N–H and O–H groups in total. The zero-order valence-electron chi connectivity index (χ0n) is 17.8. The van der Waals surface area contributed by atoms with E-state index in [9.17, 15) is 14.0 Å². The summed E-state index contributed by atoms with van der Waals surface area (Å²) in [6, 6.07) is 19.5. The fourth-order valence-electron chi connectivity index (χ4n) is 3.36. The zero-order chi connectivity index (χ0) is 22.7. The Bertz CT molecular complexity index is 1350. The van der Waals surface area contributed by atoms with Crippen LogP contribution in [0.5, 0.6) is 0 Å². The lowest BCUT2D eigenvalue weighted by Gasteiger charge is -2.14. The molecule has 0 saturated heterocycles. The van der Waals surface area contributed by atoms with Crippen LogP contribution in [0, 0.1) is 12.7 Å². The van der Waals surface area contributed by atoms with Crippen LogP contribution in [0.4, 0.5) is 10.1 Å². The predicted molar refractivity (Wildman–Crippen MR) is 127 cm³/mol. The molecule has 0 radical (unpaired) electrons. The van der Waals surface area contributed by atoms with Gasteiger partial charge in [0.2, 0.25) is 5.91 Å². The van der Waals surface area contributed by atoms with Crippen molar-refractivity contribution in [2.45, 2.75) is 25.4 Å². The maximum atomic E-state index is 14.1. The summed E-state index contributed by atoms with van der Waals surface area (Å²) in [7, 11) is 0. The van der Waals surface area contributed by atoms with E-state index in [2.05, 4.69) is 17.2 Å². The average Bonchev–Trinajstić information content (AvgIpc) is 2.80. The van der Waals surface area contributed by atoms with Crippen molar-refractivity contribution in [3.05, 3.63) is 94.0 Å². The van der Waals surface area contributed by atoms with Crippen LogP contribution < -0.4 is 10.9 Å². The Morgan fingerprint density at radius 1 is 1.09 bits per heavy atom. The Morgan fingerprint density at radius 3 is 2.56 bits per heavy atom. The number of hydrogen-bond acceptors (Lipinski definition) is 4. The number of thioether (sulfide) groups is 1. The fraction of sp³-hybridized carbons (Fsp3) is 0.160. The average molecular weight is 448 g/mol. The first kappa shape index (κ1) is 21.8. The van der Waals surface area contributed by atoms with Crippen molar-refractivity contribution < 1.29 is 9.18 Å². The summed E-state index contributed by atoms with van der Waals surface area (Å²) in [4.78, 5) is 30.4. The number of para-hydroxylation sites is 1. The van der Waals surface area contributed by atoms with Crippen LogP contribution in [0.25, 0.3) is 16.6 Å². The second-order valence-corrected chi connectivity index (χ2v) is 8.33. The number of nitrogens with zero attached hydrogens (tertiary/aromatic N) is 2. The molecular formula is C25H22FN3O2S. The maximum absolute atomic E-state index is 14.1. The molecule has 0 saturated carbocycles. The molecular weight excluding hydrogens is 425 g/mol. The lowest BCUT2D eigenvalue weighted by atomic mass is 10.1. The van der Waals surface area contributed by atoms with Gasteiger partial charge in [-0.25, -0.2) is 9.37 Å². The normalized spacial score (nSPS) is 11.0. The Morgan fingerprint density at radius 2 is 1.84 bits per heavy atom. The third kappa shape index (κ3) is 4.57. The maximum Gasteiger partial charge on any atom is 0.266 e. The number of nitrogens with one attached hydrogen (secondary N) is 1. The van der Waals surface area contributed by atoms with Gasteiger partial charge in [-0.15, -0.1) is 0 Å². The Hall–Kier alpha value is -3.45. The summed E-state index contributed by atoms with van der Waals surface area (Å²) in [5.74, 6) is -0.890. The second kappa shape index (κ2) is 9.36. The molecule has 3 aromatic carbocycles. The van der Waals surface area contributed by atoms with Crippen LogP contribution in [-0.2, 0) is 11.2 Å². The number of benzene rings is 3. The van der Waals surface area contributed by atoms with E-state index in [1.54, 1.807) is 31.2 Å². The van der Waals surface area contributed by atoms with Gasteiger partial charge in [0.25, 0.3) is 5.56 Å². The highest BCUT2D eigenvalue weighted by molar-refractivity contribution is 7.99. The fourth-order valence-corrected chi connectivity index (χ4v) is 4.17. The summed E-state index contributed by atoms with van der Waals surface area (Å²) in [5.41, 5.74) is 3.09. The molecule has 7 heteroatoms. The van der Waals surface area contributed by atoms with Gasteiger partial charge in [-0.05, 0) is 60.9 Å². The third-order valence-electron chi connectivity index (χ3n) is 5.08. The highest BCUT2D eigenvalue weighted by atomic mass is 32.2. The minimum Gasteiger partial charge on any atom is -0.323 e. The molecule has 32 heavy (non-hydrogen) atoms. The van der Waals surface area contributed by atoms with Crippen molar-refractivity contribution in [1.82, 2.24) is 9.55 Å². The molecule has 1 aromatic heterocycles. The van der Waals surface area contributed by atoms with E-state index in [0.29, 0.717) is 21.7 Å². The van der Waals surface area contributed by atoms with Crippen molar-refractivity contribution >= 4 is 34.3 Å². The summed E-state index contributed by atoms with van der Waals surface area (Å²) < 4.78 is 15.6. The number of rotatable bonds is 6. The molecule has 5 nitrogen and oxygen atoms in total. The molecule has 0 aliphatic heterocycles. The van der Waals surface area contributed by atoms with E-state index >= 15 is 0 Å². The highest BCUT2D eigenvalue weighted by Crippen LogP contribution is 2.23. The number of carbonyl (C=O) groups is 1. The van der Waals surface area contributed by atoms with Crippen LogP contribution in [0.3, 0.4) is 0 Å². The Balaban J connectivity index is 1.66. The van der Waals surface area contributed by atoms with E-state index in [4.69, 9.17) is 0 Å². The van der Waals surface area contributed by atoms with Crippen LogP contribution >= 0.6 is 11.8 Å². The van der Waals surface area contributed by atoms with E-state index in [1.807, 2.05) is 30.3 Å². The monoisotopic (exact) mass is 447 g/mol. The quantitative estimate of drug-likeness (QED) is 0.329. The van der Waals surface area contributed by atoms with Crippen molar-refractivity contribution in [2.24, 2.45) is 0 Å². The molecule has 0 unspecified atom stereocenters. The molecule has 0 atom stereocenters. The van der Waals surface area contributed by atoms with E-state index in [-0.39, 0.29) is 22.9 Å². The summed E-state index contributed by atoms with van der Waals surface area (Å²) in [6.07, 6.45) is 0.891. The van der Waals surface area contributed by atoms with Gasteiger partial charge in [0, 0.05) is 0 Å². The number of amides is 1. The van der Waals surface area contributed by atoms with Gasteiger partial charge in [0.05, 0.1) is 28.0 Å². The Kier molecular flexibility index (Phi) is 6.37. The smallest absolute Gasteiger partial charge is 0.266 e. The third-order valence-corrected chi connectivity index (χ3v) is 6.02. The second-order valence-electron chi connectivity index (χ2n) is 7.39. The first-order valence-corrected chi connectivity index (χ1v) is 11.2. The molecule has 0 spiro atoms. The van der Waals surface area contributed by atoms with Gasteiger partial charge in [-0.3, -0.25) is 14.2 Å². The van der Waals surface area contributed by atoms with Crippen molar-refractivity contribution in [2.75, 3.05) is 11.1 Å². The van der Waals surface area contributed by atoms with Gasteiger partial charge in [0.1, 0.15) is 5.82 Å². The standard InChI is InChI=1S/C25H22FN3O2S/c1-3-17-9-11-18(12-10-17)29-24(31)19-6-4-5-7-21(19)28-25(29)32-15-23(30)27-22-13-8-16(2)14-20(22)26/h4-14H,3,15H2,1-2H3,(H,27,30). The highest BCUT2D eigenvalue weighted by Gasteiger charge is 2.15. The molecule has 162 valence electrons. The lowest BCUT2D eigenvalue weighted by molar-refractivity contribution is -0.113. The van der Waals surface area contributed by atoms with Gasteiger partial charge in [0.15, 0.2) is 5.16 Å². The van der Waals surface area contributed by atoms with E-state index in [1.165, 1.54) is 16.7 Å². The first-order valence-electron chi connectivity index (χ1n) is 10.3. The number of carbonyl (C=O) groups excluding carboxylic acids is 1. The number of fused-ring (bicyclic) bond motifs is 1. The van der Waals surface area contributed by atoms with Crippen LogP contribution in [0.1, 0.15) is 18.1 Å². The number of halogens is 1. The molecule has 1 heterocycles. The van der Waals surface area contributed by atoms with E-state index < -0.39 is 5.82 Å². The lowest BCUT2D eigenvalue weighted by Crippen LogP contribution is -2.23. The molecule has 0 aliphatic rings. The minimum absolute atomic E-state index is 0.0227. The van der Waals surface area contributed by atoms with E-state index in [0.717, 1.165) is 29.3 Å². The molecule has 1 amide bonds. The van der Waals surface area contributed by atoms with Crippen molar-refractivity contribution in [1.29, 1.82) is 0 Å². The molecule has 4 rings (SSSR count). The number of aromatic nitrogens is 2. The topological polar surface area (TPSA) is 64.0 Å².